The Labute approximate surface area is 188 Å². The van der Waals surface area contributed by atoms with E-state index in [0.717, 1.165) is 40.7 Å². The number of benzene rings is 3. The van der Waals surface area contributed by atoms with Gasteiger partial charge in [-0.1, -0.05) is 84.9 Å². The average Bonchev–Trinajstić information content (AvgIpc) is 3.08. The van der Waals surface area contributed by atoms with Gasteiger partial charge in [0.25, 0.3) is 5.91 Å². The third kappa shape index (κ3) is 3.53. The largest absolute Gasteiger partial charge is 0.508 e. The zero-order valence-electron chi connectivity index (χ0n) is 17.8. The SMILES string of the molecule is O=C1C2=C(CCC=C2)C(OCc2ccc(O)cc2)(c2ccccc2)N1Cc1ccccc1. The molecule has 3 aromatic carbocycles. The van der Waals surface area contributed by atoms with Crippen LogP contribution < -0.4 is 0 Å². The van der Waals surface area contributed by atoms with Gasteiger partial charge >= 0.3 is 0 Å². The van der Waals surface area contributed by atoms with E-state index in [2.05, 4.69) is 6.08 Å². The van der Waals surface area contributed by atoms with Crippen molar-refractivity contribution in [2.24, 2.45) is 0 Å². The lowest BCUT2D eigenvalue weighted by molar-refractivity contribution is -0.164. The molecule has 1 unspecified atom stereocenters. The molecule has 32 heavy (non-hydrogen) atoms. The zero-order chi connectivity index (χ0) is 22.0. The van der Waals surface area contributed by atoms with Crippen molar-refractivity contribution in [2.45, 2.75) is 31.7 Å². The van der Waals surface area contributed by atoms with E-state index in [9.17, 15) is 9.90 Å². The quantitative estimate of drug-likeness (QED) is 0.573. The number of amides is 1. The lowest BCUT2D eigenvalue weighted by Crippen LogP contribution is -2.47. The molecule has 3 aromatic rings. The number of hydrogen-bond donors (Lipinski definition) is 1. The Morgan fingerprint density at radius 2 is 1.56 bits per heavy atom. The smallest absolute Gasteiger partial charge is 0.257 e. The molecule has 1 atom stereocenters. The fourth-order valence-corrected chi connectivity index (χ4v) is 4.64. The van der Waals surface area contributed by atoms with Crippen LogP contribution in [0, 0.1) is 0 Å². The van der Waals surface area contributed by atoms with Gasteiger partial charge < -0.3 is 9.84 Å². The molecular weight excluding hydrogens is 398 g/mol. The first-order valence-corrected chi connectivity index (χ1v) is 10.9. The van der Waals surface area contributed by atoms with Crippen molar-refractivity contribution in [3.05, 3.63) is 125 Å². The molecule has 4 heteroatoms. The van der Waals surface area contributed by atoms with Crippen molar-refractivity contribution < 1.29 is 14.6 Å². The van der Waals surface area contributed by atoms with Crippen molar-refractivity contribution in [3.63, 3.8) is 0 Å². The van der Waals surface area contributed by atoms with Gasteiger partial charge in [-0.05, 0) is 41.7 Å². The first-order valence-electron chi connectivity index (χ1n) is 10.9. The van der Waals surface area contributed by atoms with E-state index in [0.29, 0.717) is 13.2 Å². The first kappa shape index (κ1) is 20.3. The van der Waals surface area contributed by atoms with Gasteiger partial charge in [-0.25, -0.2) is 0 Å². The standard InChI is InChI=1S/C28H25NO3/c30-24-17-15-22(16-18-24)20-32-28(23-11-5-2-6-12-23)26-14-8-7-13-25(26)27(31)29(28)19-21-9-3-1-4-10-21/h1-7,9-13,15-18,30H,8,14,19-20H2. The van der Waals surface area contributed by atoms with E-state index in [1.807, 2.05) is 83.8 Å². The molecule has 5 rings (SSSR count). The van der Waals surface area contributed by atoms with Crippen molar-refractivity contribution in [1.82, 2.24) is 4.90 Å². The number of nitrogens with zero attached hydrogens (tertiary/aromatic N) is 1. The molecule has 1 heterocycles. The highest BCUT2D eigenvalue weighted by molar-refractivity contribution is 6.01. The van der Waals surface area contributed by atoms with Gasteiger partial charge in [0.05, 0.1) is 6.61 Å². The van der Waals surface area contributed by atoms with Gasteiger partial charge in [0, 0.05) is 17.7 Å². The molecule has 1 N–H and O–H groups in total. The van der Waals surface area contributed by atoms with Crippen molar-refractivity contribution in [1.29, 1.82) is 0 Å². The summed E-state index contributed by atoms with van der Waals surface area (Å²) >= 11 is 0. The molecule has 0 fully saturated rings. The van der Waals surface area contributed by atoms with E-state index in [4.69, 9.17) is 4.74 Å². The number of allylic oxidation sites excluding steroid dienone is 1. The number of phenols is 1. The predicted molar refractivity (Wildman–Crippen MR) is 123 cm³/mol. The van der Waals surface area contributed by atoms with Crippen LogP contribution in [0.1, 0.15) is 29.5 Å². The zero-order valence-corrected chi connectivity index (χ0v) is 17.8. The summed E-state index contributed by atoms with van der Waals surface area (Å²) < 4.78 is 6.76. The van der Waals surface area contributed by atoms with Gasteiger partial charge in [0.1, 0.15) is 5.75 Å². The van der Waals surface area contributed by atoms with Gasteiger partial charge in [0.15, 0.2) is 5.72 Å². The summed E-state index contributed by atoms with van der Waals surface area (Å²) in [6.45, 7) is 0.763. The van der Waals surface area contributed by atoms with E-state index >= 15 is 0 Å². The van der Waals surface area contributed by atoms with E-state index < -0.39 is 5.72 Å². The molecule has 0 radical (unpaired) electrons. The van der Waals surface area contributed by atoms with Crippen LogP contribution in [0.25, 0.3) is 0 Å². The third-order valence-electron chi connectivity index (χ3n) is 6.17. The molecule has 0 bridgehead atoms. The Hall–Kier alpha value is -3.63. The van der Waals surface area contributed by atoms with Crippen molar-refractivity contribution in [2.75, 3.05) is 0 Å². The molecular formula is C28H25NO3. The van der Waals surface area contributed by atoms with E-state index in [1.54, 1.807) is 12.1 Å². The normalized spacial score (nSPS) is 20.0. The molecule has 0 saturated heterocycles. The van der Waals surface area contributed by atoms with Crippen LogP contribution in [0.5, 0.6) is 5.75 Å². The topological polar surface area (TPSA) is 49.8 Å². The Balaban J connectivity index is 1.62. The Kier molecular flexibility index (Phi) is 5.38. The molecule has 160 valence electrons. The summed E-state index contributed by atoms with van der Waals surface area (Å²) in [5, 5.41) is 9.65. The van der Waals surface area contributed by atoms with Gasteiger partial charge in [-0.3, -0.25) is 9.69 Å². The minimum absolute atomic E-state index is 0.00522. The summed E-state index contributed by atoms with van der Waals surface area (Å²) in [7, 11) is 0. The number of ether oxygens (including phenoxy) is 1. The predicted octanol–water partition coefficient (Wildman–Crippen LogP) is 5.45. The maximum atomic E-state index is 13.7. The van der Waals surface area contributed by atoms with Crippen LogP contribution in [0.4, 0.5) is 0 Å². The van der Waals surface area contributed by atoms with Crippen LogP contribution >= 0.6 is 0 Å². The molecule has 0 saturated carbocycles. The number of phenolic OH excluding ortho intramolecular Hbond substituents is 1. The fraction of sp³-hybridized carbons (Fsp3) is 0.179. The van der Waals surface area contributed by atoms with Crippen LogP contribution in [-0.2, 0) is 28.4 Å². The van der Waals surface area contributed by atoms with Crippen LogP contribution in [0.3, 0.4) is 0 Å². The fourth-order valence-electron chi connectivity index (χ4n) is 4.64. The minimum atomic E-state index is -0.980. The number of carbonyl (C=O) groups is 1. The van der Waals surface area contributed by atoms with Crippen LogP contribution in [0.15, 0.2) is 108 Å². The van der Waals surface area contributed by atoms with Gasteiger partial charge in [0.2, 0.25) is 0 Å². The van der Waals surface area contributed by atoms with Gasteiger partial charge in [-0.2, -0.15) is 0 Å². The van der Waals surface area contributed by atoms with Crippen molar-refractivity contribution in [3.8, 4) is 5.75 Å². The number of hydrogen-bond acceptors (Lipinski definition) is 3. The highest BCUT2D eigenvalue weighted by Gasteiger charge is 2.53. The highest BCUT2D eigenvalue weighted by Crippen LogP contribution is 2.49. The Morgan fingerprint density at radius 3 is 2.28 bits per heavy atom. The second-order valence-corrected chi connectivity index (χ2v) is 8.18. The van der Waals surface area contributed by atoms with Crippen LogP contribution in [-0.4, -0.2) is 15.9 Å². The Morgan fingerprint density at radius 1 is 0.875 bits per heavy atom. The first-order chi connectivity index (χ1) is 15.7. The molecule has 1 amide bonds. The second kappa shape index (κ2) is 8.48. The minimum Gasteiger partial charge on any atom is -0.508 e. The molecule has 4 nitrogen and oxygen atoms in total. The monoisotopic (exact) mass is 423 g/mol. The summed E-state index contributed by atoms with van der Waals surface area (Å²) in [4.78, 5) is 15.6. The molecule has 1 aliphatic heterocycles. The number of rotatable bonds is 6. The average molecular weight is 424 g/mol. The highest BCUT2D eigenvalue weighted by atomic mass is 16.5. The van der Waals surface area contributed by atoms with E-state index in [-0.39, 0.29) is 11.7 Å². The van der Waals surface area contributed by atoms with Crippen LogP contribution in [0.2, 0.25) is 0 Å². The second-order valence-electron chi connectivity index (χ2n) is 8.18. The number of carbonyl (C=O) groups excluding carboxylic acids is 1. The maximum Gasteiger partial charge on any atom is 0.257 e. The summed E-state index contributed by atoms with van der Waals surface area (Å²) in [5.74, 6) is 0.213. The van der Waals surface area contributed by atoms with E-state index in [1.165, 1.54) is 0 Å². The van der Waals surface area contributed by atoms with Gasteiger partial charge in [-0.15, -0.1) is 0 Å². The molecule has 0 aromatic heterocycles. The summed E-state index contributed by atoms with van der Waals surface area (Å²) in [5.41, 5.74) is 3.71. The summed E-state index contributed by atoms with van der Waals surface area (Å²) in [6.07, 6.45) is 5.67. The molecule has 1 aliphatic carbocycles. The lowest BCUT2D eigenvalue weighted by atomic mass is 9.87. The molecule has 0 spiro atoms. The Bertz CT molecular complexity index is 1170. The summed E-state index contributed by atoms with van der Waals surface area (Å²) in [6, 6.07) is 27.1. The number of aromatic hydroxyl groups is 1. The maximum absolute atomic E-state index is 13.7. The lowest BCUT2D eigenvalue weighted by Gasteiger charge is -2.41. The molecule has 2 aliphatic rings. The van der Waals surface area contributed by atoms with Crippen molar-refractivity contribution >= 4 is 5.91 Å². The third-order valence-corrected chi connectivity index (χ3v) is 6.17.